The van der Waals surface area contributed by atoms with Gasteiger partial charge in [-0.05, 0) is 37.3 Å². The monoisotopic (exact) mass is 170 g/mol. The first-order valence-electron chi connectivity index (χ1n) is 5.15. The Kier molecular flexibility index (Phi) is 3.53. The fourth-order valence-corrected chi connectivity index (χ4v) is 2.40. The number of hydrogen-bond donors (Lipinski definition) is 2. The predicted molar refractivity (Wildman–Crippen MR) is 52.8 cm³/mol. The zero-order valence-corrected chi connectivity index (χ0v) is 8.18. The van der Waals surface area contributed by atoms with E-state index in [0.717, 1.165) is 13.1 Å². The van der Waals surface area contributed by atoms with Crippen molar-refractivity contribution in [3.05, 3.63) is 0 Å². The van der Waals surface area contributed by atoms with E-state index in [1.54, 1.807) is 0 Å². The Morgan fingerprint density at radius 3 is 2.17 bits per heavy atom. The van der Waals surface area contributed by atoms with Crippen molar-refractivity contribution >= 4 is 0 Å². The van der Waals surface area contributed by atoms with E-state index in [0.29, 0.717) is 11.3 Å². The average molecular weight is 170 g/mol. The third kappa shape index (κ3) is 1.80. The smallest absolute Gasteiger partial charge is 0.00175 e. The minimum atomic E-state index is 0.382. The minimum absolute atomic E-state index is 0.382. The first-order valence-corrected chi connectivity index (χ1v) is 5.15. The van der Waals surface area contributed by atoms with Gasteiger partial charge in [-0.25, -0.2) is 0 Å². The van der Waals surface area contributed by atoms with Crippen LogP contribution < -0.4 is 11.5 Å². The van der Waals surface area contributed by atoms with Crippen LogP contribution >= 0.6 is 0 Å². The van der Waals surface area contributed by atoms with Crippen LogP contribution in [0.3, 0.4) is 0 Å². The van der Waals surface area contributed by atoms with Crippen LogP contribution in [0.5, 0.6) is 0 Å². The molecule has 1 aliphatic rings. The standard InChI is InChI=1S/C10H22N2/c1-9(7-11)10(8-12)5-3-2-4-6-10/h9H,2-8,11-12H2,1H3. The molecule has 0 aromatic rings. The molecule has 1 atom stereocenters. The molecule has 0 heterocycles. The molecule has 12 heavy (non-hydrogen) atoms. The van der Waals surface area contributed by atoms with E-state index < -0.39 is 0 Å². The lowest BCUT2D eigenvalue weighted by Gasteiger charge is -2.41. The number of rotatable bonds is 3. The molecule has 1 saturated carbocycles. The molecule has 72 valence electrons. The Bertz CT molecular complexity index is 128. The summed E-state index contributed by atoms with van der Waals surface area (Å²) in [6.07, 6.45) is 6.67. The van der Waals surface area contributed by atoms with Crippen molar-refractivity contribution in [3.8, 4) is 0 Å². The van der Waals surface area contributed by atoms with Gasteiger partial charge in [-0.2, -0.15) is 0 Å². The molecule has 1 aliphatic carbocycles. The van der Waals surface area contributed by atoms with Gasteiger partial charge in [-0.3, -0.25) is 0 Å². The summed E-state index contributed by atoms with van der Waals surface area (Å²) in [4.78, 5) is 0. The van der Waals surface area contributed by atoms with Crippen LogP contribution in [0.1, 0.15) is 39.0 Å². The Morgan fingerprint density at radius 2 is 1.75 bits per heavy atom. The second kappa shape index (κ2) is 4.24. The third-order valence-electron chi connectivity index (χ3n) is 3.65. The summed E-state index contributed by atoms with van der Waals surface area (Å²) >= 11 is 0. The van der Waals surface area contributed by atoms with Crippen LogP contribution in [0, 0.1) is 11.3 Å². The summed E-state index contributed by atoms with van der Waals surface area (Å²) in [7, 11) is 0. The van der Waals surface area contributed by atoms with Crippen molar-refractivity contribution in [1.82, 2.24) is 0 Å². The second-order valence-electron chi connectivity index (χ2n) is 4.26. The fourth-order valence-electron chi connectivity index (χ4n) is 2.40. The summed E-state index contributed by atoms with van der Waals surface area (Å²) in [5.74, 6) is 0.600. The van der Waals surface area contributed by atoms with Crippen LogP contribution in [-0.4, -0.2) is 13.1 Å². The van der Waals surface area contributed by atoms with Crippen molar-refractivity contribution in [2.75, 3.05) is 13.1 Å². The lowest BCUT2D eigenvalue weighted by Crippen LogP contribution is -2.41. The highest BCUT2D eigenvalue weighted by atomic mass is 14.7. The van der Waals surface area contributed by atoms with E-state index in [1.807, 2.05) is 0 Å². The van der Waals surface area contributed by atoms with Gasteiger partial charge in [0, 0.05) is 0 Å². The fraction of sp³-hybridized carbons (Fsp3) is 1.00. The van der Waals surface area contributed by atoms with E-state index in [9.17, 15) is 0 Å². The number of nitrogens with two attached hydrogens (primary N) is 2. The largest absolute Gasteiger partial charge is 0.330 e. The van der Waals surface area contributed by atoms with Crippen molar-refractivity contribution in [2.24, 2.45) is 22.8 Å². The number of hydrogen-bond acceptors (Lipinski definition) is 2. The van der Waals surface area contributed by atoms with Crippen molar-refractivity contribution in [3.63, 3.8) is 0 Å². The highest BCUT2D eigenvalue weighted by Gasteiger charge is 2.34. The molecule has 2 heteroatoms. The lowest BCUT2D eigenvalue weighted by atomic mass is 9.66. The highest BCUT2D eigenvalue weighted by Crippen LogP contribution is 2.41. The Hall–Kier alpha value is -0.0800. The maximum absolute atomic E-state index is 5.86. The van der Waals surface area contributed by atoms with Gasteiger partial charge in [0.05, 0.1) is 0 Å². The van der Waals surface area contributed by atoms with Gasteiger partial charge < -0.3 is 11.5 Å². The van der Waals surface area contributed by atoms with Crippen molar-refractivity contribution in [1.29, 1.82) is 0 Å². The normalized spacial score (nSPS) is 25.2. The third-order valence-corrected chi connectivity index (χ3v) is 3.65. The molecule has 1 rings (SSSR count). The molecule has 0 aromatic heterocycles. The molecule has 0 radical (unpaired) electrons. The molecule has 4 N–H and O–H groups in total. The zero-order chi connectivity index (χ0) is 9.03. The van der Waals surface area contributed by atoms with E-state index in [2.05, 4.69) is 6.92 Å². The van der Waals surface area contributed by atoms with Gasteiger partial charge in [-0.1, -0.05) is 26.2 Å². The van der Waals surface area contributed by atoms with Crippen LogP contribution in [-0.2, 0) is 0 Å². The van der Waals surface area contributed by atoms with E-state index in [-0.39, 0.29) is 0 Å². The zero-order valence-electron chi connectivity index (χ0n) is 8.18. The summed E-state index contributed by atoms with van der Waals surface area (Å²) in [5, 5.41) is 0. The van der Waals surface area contributed by atoms with Gasteiger partial charge in [0.2, 0.25) is 0 Å². The molecule has 0 aliphatic heterocycles. The predicted octanol–water partition coefficient (Wildman–Crippen LogP) is 1.49. The summed E-state index contributed by atoms with van der Waals surface area (Å²) in [5.41, 5.74) is 11.9. The van der Waals surface area contributed by atoms with Crippen LogP contribution in [0.15, 0.2) is 0 Å². The topological polar surface area (TPSA) is 52.0 Å². The van der Waals surface area contributed by atoms with E-state index >= 15 is 0 Å². The minimum Gasteiger partial charge on any atom is -0.330 e. The molecule has 0 spiro atoms. The van der Waals surface area contributed by atoms with Gasteiger partial charge in [-0.15, -0.1) is 0 Å². The first kappa shape index (κ1) is 10.0. The van der Waals surface area contributed by atoms with Crippen molar-refractivity contribution < 1.29 is 0 Å². The maximum atomic E-state index is 5.86. The molecule has 0 saturated heterocycles. The Balaban J connectivity index is 2.59. The van der Waals surface area contributed by atoms with E-state index in [4.69, 9.17) is 11.5 Å². The highest BCUT2D eigenvalue weighted by molar-refractivity contribution is 4.88. The molecule has 2 nitrogen and oxygen atoms in total. The van der Waals surface area contributed by atoms with E-state index in [1.165, 1.54) is 32.1 Å². The average Bonchev–Trinajstić information content (AvgIpc) is 2.17. The molecule has 0 amide bonds. The molecule has 0 aromatic carbocycles. The maximum Gasteiger partial charge on any atom is -0.00175 e. The Morgan fingerprint density at radius 1 is 1.17 bits per heavy atom. The molecular weight excluding hydrogens is 148 g/mol. The lowest BCUT2D eigenvalue weighted by molar-refractivity contribution is 0.121. The van der Waals surface area contributed by atoms with Gasteiger partial charge in [0.25, 0.3) is 0 Å². The van der Waals surface area contributed by atoms with Crippen LogP contribution in [0.4, 0.5) is 0 Å². The Labute approximate surface area is 75.7 Å². The van der Waals surface area contributed by atoms with Gasteiger partial charge >= 0.3 is 0 Å². The summed E-state index contributed by atoms with van der Waals surface area (Å²) < 4.78 is 0. The van der Waals surface area contributed by atoms with Crippen LogP contribution in [0.25, 0.3) is 0 Å². The first-order chi connectivity index (χ1) is 5.75. The molecule has 1 fully saturated rings. The van der Waals surface area contributed by atoms with Gasteiger partial charge in [0.1, 0.15) is 0 Å². The molecular formula is C10H22N2. The van der Waals surface area contributed by atoms with Gasteiger partial charge in [0.15, 0.2) is 0 Å². The van der Waals surface area contributed by atoms with Crippen molar-refractivity contribution in [2.45, 2.75) is 39.0 Å². The summed E-state index contributed by atoms with van der Waals surface area (Å²) in [6.45, 7) is 3.86. The van der Waals surface area contributed by atoms with Crippen LogP contribution in [0.2, 0.25) is 0 Å². The second-order valence-corrected chi connectivity index (χ2v) is 4.26. The molecule has 0 bridgehead atoms. The quantitative estimate of drug-likeness (QED) is 0.674. The molecule has 1 unspecified atom stereocenters. The summed E-state index contributed by atoms with van der Waals surface area (Å²) in [6, 6.07) is 0. The SMILES string of the molecule is CC(CN)C1(CN)CCCCC1.